The van der Waals surface area contributed by atoms with Gasteiger partial charge in [0, 0.05) is 6.54 Å². The van der Waals surface area contributed by atoms with Gasteiger partial charge in [-0.25, -0.2) is 0 Å². The van der Waals surface area contributed by atoms with Crippen molar-refractivity contribution in [3.8, 4) is 0 Å². The lowest BCUT2D eigenvalue weighted by molar-refractivity contribution is 0.487. The number of hydrogen-bond acceptors (Lipinski definition) is 3. The van der Waals surface area contributed by atoms with E-state index in [2.05, 4.69) is 30.2 Å². The molecule has 0 saturated heterocycles. The molecule has 0 spiro atoms. The van der Waals surface area contributed by atoms with Crippen molar-refractivity contribution in [1.82, 2.24) is 0 Å². The molecule has 1 aliphatic heterocycles. The summed E-state index contributed by atoms with van der Waals surface area (Å²) in [6, 6.07) is 0. The van der Waals surface area contributed by atoms with E-state index in [1.165, 1.54) is 0 Å². The maximum atomic E-state index is 5.71. The minimum Gasteiger partial charge on any atom is -0.328 e. The highest BCUT2D eigenvalue weighted by Crippen LogP contribution is 2.29. The second kappa shape index (κ2) is 4.51. The Bertz CT molecular complexity index is 220. The molecule has 1 heterocycles. The highest BCUT2D eigenvalue weighted by molar-refractivity contribution is 5.18. The Hall–Kier alpha value is -0.700. The Morgan fingerprint density at radius 2 is 2.15 bits per heavy atom. The number of hydrogen-bond donors (Lipinski definition) is 1. The van der Waals surface area contributed by atoms with Gasteiger partial charge in [0.05, 0.1) is 5.70 Å². The molecule has 0 aromatic heterocycles. The van der Waals surface area contributed by atoms with E-state index in [-0.39, 0.29) is 5.54 Å². The Morgan fingerprint density at radius 1 is 1.38 bits per heavy atom. The molecule has 1 rings (SSSR count). The van der Waals surface area contributed by atoms with E-state index in [0.717, 1.165) is 31.4 Å². The third-order valence-electron chi connectivity index (χ3n) is 2.36. The summed E-state index contributed by atoms with van der Waals surface area (Å²) in [5.74, 6) is 0. The van der Waals surface area contributed by atoms with Crippen molar-refractivity contribution in [2.75, 3.05) is 6.54 Å². The maximum absolute atomic E-state index is 5.71. The van der Waals surface area contributed by atoms with Gasteiger partial charge in [-0.15, -0.1) is 0 Å². The first kappa shape index (κ1) is 10.4. The average molecular weight is 181 g/mol. The number of allylic oxidation sites excluding steroid dienone is 1. The zero-order valence-electron chi connectivity index (χ0n) is 8.58. The highest BCUT2D eigenvalue weighted by Gasteiger charge is 2.29. The molecule has 2 N–H and O–H groups in total. The molecule has 3 nitrogen and oxygen atoms in total. The molecule has 0 bridgehead atoms. The molecule has 1 unspecified atom stereocenters. The average Bonchev–Trinajstić information content (AvgIpc) is 2.51. The van der Waals surface area contributed by atoms with Crippen molar-refractivity contribution in [2.45, 2.75) is 45.1 Å². The minimum absolute atomic E-state index is 0.167. The molecule has 0 aliphatic carbocycles. The van der Waals surface area contributed by atoms with Crippen molar-refractivity contribution in [2.24, 2.45) is 16.0 Å². The molecule has 0 radical (unpaired) electrons. The quantitative estimate of drug-likeness (QED) is 0.696. The summed E-state index contributed by atoms with van der Waals surface area (Å²) in [6.07, 6.45) is 6.42. The van der Waals surface area contributed by atoms with E-state index in [0.29, 0.717) is 6.54 Å². The number of rotatable bonds is 5. The van der Waals surface area contributed by atoms with E-state index in [9.17, 15) is 0 Å². The zero-order chi connectivity index (χ0) is 9.73. The van der Waals surface area contributed by atoms with Crippen molar-refractivity contribution >= 4 is 0 Å². The van der Waals surface area contributed by atoms with Gasteiger partial charge in [-0.3, -0.25) is 0 Å². The topological polar surface area (TPSA) is 50.7 Å². The lowest BCUT2D eigenvalue weighted by Gasteiger charge is -2.18. The minimum atomic E-state index is -0.167. The number of nitrogens with zero attached hydrogens (tertiary/aromatic N) is 2. The second-order valence-corrected chi connectivity index (χ2v) is 3.64. The zero-order valence-corrected chi connectivity index (χ0v) is 8.58. The predicted molar refractivity (Wildman–Crippen MR) is 54.5 cm³/mol. The normalized spacial score (nSPS) is 26.5. The fourth-order valence-corrected chi connectivity index (χ4v) is 1.67. The van der Waals surface area contributed by atoms with E-state index in [1.807, 2.05) is 0 Å². The Labute approximate surface area is 80.1 Å². The molecule has 0 saturated carbocycles. The molecular weight excluding hydrogens is 162 g/mol. The molecular formula is C10H19N3. The third-order valence-corrected chi connectivity index (χ3v) is 2.36. The molecule has 1 aliphatic rings. The van der Waals surface area contributed by atoms with Crippen LogP contribution in [0.2, 0.25) is 0 Å². The SMILES string of the molecule is CCCC1=CC(CN)(CCC)N=N1. The summed E-state index contributed by atoms with van der Waals surface area (Å²) >= 11 is 0. The van der Waals surface area contributed by atoms with Gasteiger partial charge >= 0.3 is 0 Å². The molecule has 0 aromatic carbocycles. The van der Waals surface area contributed by atoms with Crippen LogP contribution in [0.3, 0.4) is 0 Å². The van der Waals surface area contributed by atoms with Gasteiger partial charge < -0.3 is 5.73 Å². The van der Waals surface area contributed by atoms with Crippen LogP contribution in [0.1, 0.15) is 39.5 Å². The van der Waals surface area contributed by atoms with Gasteiger partial charge in [0.15, 0.2) is 0 Å². The van der Waals surface area contributed by atoms with Crippen LogP contribution >= 0.6 is 0 Å². The largest absolute Gasteiger partial charge is 0.328 e. The van der Waals surface area contributed by atoms with Crippen molar-refractivity contribution in [3.63, 3.8) is 0 Å². The summed E-state index contributed by atoms with van der Waals surface area (Å²) < 4.78 is 0. The molecule has 74 valence electrons. The van der Waals surface area contributed by atoms with Gasteiger partial charge in [0.1, 0.15) is 5.54 Å². The van der Waals surface area contributed by atoms with Crippen LogP contribution in [0.25, 0.3) is 0 Å². The number of azo groups is 1. The van der Waals surface area contributed by atoms with Crippen molar-refractivity contribution < 1.29 is 0 Å². The lowest BCUT2D eigenvalue weighted by Crippen LogP contribution is -2.32. The highest BCUT2D eigenvalue weighted by atomic mass is 15.2. The van der Waals surface area contributed by atoms with Gasteiger partial charge in [-0.2, -0.15) is 10.2 Å². The van der Waals surface area contributed by atoms with E-state index in [4.69, 9.17) is 5.73 Å². The third kappa shape index (κ3) is 2.37. The van der Waals surface area contributed by atoms with E-state index >= 15 is 0 Å². The summed E-state index contributed by atoms with van der Waals surface area (Å²) in [4.78, 5) is 0. The van der Waals surface area contributed by atoms with Crippen LogP contribution in [0.4, 0.5) is 0 Å². The van der Waals surface area contributed by atoms with E-state index < -0.39 is 0 Å². The van der Waals surface area contributed by atoms with Crippen LogP contribution in [-0.4, -0.2) is 12.1 Å². The lowest BCUT2D eigenvalue weighted by atomic mass is 9.94. The Kier molecular flexibility index (Phi) is 3.60. The van der Waals surface area contributed by atoms with Gasteiger partial charge in [0.2, 0.25) is 0 Å². The Balaban J connectivity index is 2.66. The number of nitrogens with two attached hydrogens (primary N) is 1. The van der Waals surface area contributed by atoms with Gasteiger partial charge in [0.25, 0.3) is 0 Å². The molecule has 13 heavy (non-hydrogen) atoms. The first-order valence-corrected chi connectivity index (χ1v) is 5.11. The summed E-state index contributed by atoms with van der Waals surface area (Å²) in [5.41, 5.74) is 6.66. The Morgan fingerprint density at radius 3 is 2.69 bits per heavy atom. The van der Waals surface area contributed by atoms with Crippen LogP contribution in [0.5, 0.6) is 0 Å². The summed E-state index contributed by atoms with van der Waals surface area (Å²) in [6.45, 7) is 4.88. The second-order valence-electron chi connectivity index (χ2n) is 3.64. The predicted octanol–water partition coefficient (Wildman–Crippen LogP) is 2.63. The molecule has 0 fully saturated rings. The standard InChI is InChI=1S/C10H19N3/c1-3-5-9-7-10(8-11,6-4-2)13-12-9/h7H,3-6,8,11H2,1-2H3. The van der Waals surface area contributed by atoms with Gasteiger partial charge in [-0.1, -0.05) is 26.7 Å². The van der Waals surface area contributed by atoms with Crippen molar-refractivity contribution in [1.29, 1.82) is 0 Å². The van der Waals surface area contributed by atoms with Crippen LogP contribution < -0.4 is 5.73 Å². The van der Waals surface area contributed by atoms with Gasteiger partial charge in [-0.05, 0) is 18.9 Å². The smallest absolute Gasteiger partial charge is 0.114 e. The molecule has 3 heteroatoms. The summed E-state index contributed by atoms with van der Waals surface area (Å²) in [5, 5.41) is 8.46. The monoisotopic (exact) mass is 181 g/mol. The maximum Gasteiger partial charge on any atom is 0.114 e. The molecule has 0 aromatic rings. The van der Waals surface area contributed by atoms with E-state index in [1.54, 1.807) is 0 Å². The molecule has 1 atom stereocenters. The fraction of sp³-hybridized carbons (Fsp3) is 0.800. The summed E-state index contributed by atoms with van der Waals surface area (Å²) in [7, 11) is 0. The fourth-order valence-electron chi connectivity index (χ4n) is 1.67. The first-order valence-electron chi connectivity index (χ1n) is 5.11. The first-order chi connectivity index (χ1) is 6.26. The molecule has 0 amide bonds. The van der Waals surface area contributed by atoms with Crippen molar-refractivity contribution in [3.05, 3.63) is 11.8 Å². The van der Waals surface area contributed by atoms with Crippen LogP contribution in [0.15, 0.2) is 22.0 Å². The van der Waals surface area contributed by atoms with Crippen LogP contribution in [-0.2, 0) is 0 Å². The van der Waals surface area contributed by atoms with Crippen LogP contribution in [0, 0.1) is 0 Å².